The van der Waals surface area contributed by atoms with E-state index in [2.05, 4.69) is 27.4 Å². The molecule has 5 rings (SSSR count). The number of benzene rings is 3. The minimum Gasteiger partial charge on any atom is -0.486 e. The Kier molecular flexibility index (Phi) is 6.03. The monoisotopic (exact) mass is 448 g/mol. The van der Waals surface area contributed by atoms with Gasteiger partial charge in [-0.05, 0) is 54.4 Å². The molecule has 1 amide bonds. The summed E-state index contributed by atoms with van der Waals surface area (Å²) in [6.45, 7) is 2.46. The van der Waals surface area contributed by atoms with Crippen molar-refractivity contribution in [2.45, 2.75) is 19.6 Å². The average Bonchev–Trinajstić information content (AvgIpc) is 3.32. The van der Waals surface area contributed by atoms with Gasteiger partial charge in [-0.25, -0.2) is 4.98 Å². The zero-order valence-corrected chi connectivity index (χ0v) is 18.8. The Labute approximate surface area is 197 Å². The van der Waals surface area contributed by atoms with E-state index < -0.39 is 0 Å². The highest BCUT2D eigenvalue weighted by Crippen LogP contribution is 2.26. The molecule has 0 aliphatic heterocycles. The van der Waals surface area contributed by atoms with E-state index in [4.69, 9.17) is 4.74 Å². The normalized spacial score (nSPS) is 11.8. The van der Waals surface area contributed by atoms with E-state index in [1.54, 1.807) is 18.7 Å². The summed E-state index contributed by atoms with van der Waals surface area (Å²) in [5, 5.41) is 2.93. The largest absolute Gasteiger partial charge is 0.486 e. The zero-order valence-electron chi connectivity index (χ0n) is 18.8. The van der Waals surface area contributed by atoms with Crippen LogP contribution in [0.4, 0.5) is 0 Å². The number of carbonyl (C=O) groups excluding carboxylic acids is 1. The zero-order chi connectivity index (χ0) is 23.3. The highest BCUT2D eigenvalue weighted by Gasteiger charge is 2.12. The van der Waals surface area contributed by atoms with Crippen LogP contribution in [-0.4, -0.2) is 20.4 Å². The molecule has 2 aromatic heterocycles. The van der Waals surface area contributed by atoms with Crippen molar-refractivity contribution in [2.24, 2.45) is 0 Å². The Hall–Kier alpha value is -4.45. The van der Waals surface area contributed by atoms with Crippen molar-refractivity contribution >= 4 is 16.9 Å². The van der Waals surface area contributed by atoms with Crippen LogP contribution in [0.1, 0.15) is 34.5 Å². The first-order chi connectivity index (χ1) is 16.7. The van der Waals surface area contributed by atoms with Gasteiger partial charge in [-0.2, -0.15) is 0 Å². The average molecular weight is 449 g/mol. The van der Waals surface area contributed by atoms with Gasteiger partial charge in [0.25, 0.3) is 5.91 Å². The Balaban J connectivity index is 1.33. The third kappa shape index (κ3) is 4.66. The number of rotatable bonds is 7. The summed E-state index contributed by atoms with van der Waals surface area (Å²) < 4.78 is 8.17. The van der Waals surface area contributed by atoms with Gasteiger partial charge in [0, 0.05) is 30.6 Å². The van der Waals surface area contributed by atoms with Crippen LogP contribution < -0.4 is 10.1 Å². The predicted octanol–water partition coefficient (Wildman–Crippen LogP) is 5.49. The molecular formula is C28H24N4O2. The molecule has 168 valence electrons. The van der Waals surface area contributed by atoms with E-state index in [1.807, 2.05) is 84.3 Å². The molecule has 0 aliphatic carbocycles. The molecule has 1 N–H and O–H groups in total. The molecule has 3 aromatic carbocycles. The fourth-order valence-corrected chi connectivity index (χ4v) is 3.85. The second-order valence-electron chi connectivity index (χ2n) is 8.03. The SMILES string of the molecule is CC(Oc1cccc(-n2cnc3cc(C(=O)NCc4cccnc4)ccc32)c1)c1ccccc1. The highest BCUT2D eigenvalue weighted by molar-refractivity contribution is 5.97. The summed E-state index contributed by atoms with van der Waals surface area (Å²) in [6, 6.07) is 27.4. The molecule has 1 atom stereocenters. The van der Waals surface area contributed by atoms with Crippen molar-refractivity contribution in [3.63, 3.8) is 0 Å². The Morgan fingerprint density at radius 3 is 2.71 bits per heavy atom. The summed E-state index contributed by atoms with van der Waals surface area (Å²) in [4.78, 5) is 21.2. The van der Waals surface area contributed by atoms with Crippen LogP contribution in [0.5, 0.6) is 5.75 Å². The lowest BCUT2D eigenvalue weighted by Crippen LogP contribution is -2.22. The smallest absolute Gasteiger partial charge is 0.251 e. The Morgan fingerprint density at radius 1 is 1.00 bits per heavy atom. The number of nitrogens with zero attached hydrogens (tertiary/aromatic N) is 3. The molecule has 0 saturated carbocycles. The number of aromatic nitrogens is 3. The van der Waals surface area contributed by atoms with E-state index in [0.29, 0.717) is 12.1 Å². The molecular weight excluding hydrogens is 424 g/mol. The minimum absolute atomic E-state index is 0.0660. The summed E-state index contributed by atoms with van der Waals surface area (Å²) in [5.74, 6) is 0.632. The van der Waals surface area contributed by atoms with Gasteiger partial charge in [-0.15, -0.1) is 0 Å². The van der Waals surface area contributed by atoms with Gasteiger partial charge in [0.15, 0.2) is 0 Å². The van der Waals surface area contributed by atoms with E-state index in [-0.39, 0.29) is 12.0 Å². The number of hydrogen-bond donors (Lipinski definition) is 1. The van der Waals surface area contributed by atoms with Crippen LogP contribution in [0.25, 0.3) is 16.7 Å². The standard InChI is InChI=1S/C28H24N4O2/c1-20(22-8-3-2-4-9-22)34-25-11-5-10-24(16-25)32-19-31-26-15-23(12-13-27(26)32)28(33)30-18-21-7-6-14-29-17-21/h2-17,19-20H,18H2,1H3,(H,30,33). The molecule has 0 fully saturated rings. The summed E-state index contributed by atoms with van der Waals surface area (Å²) in [5.41, 5.74) is 5.24. The number of carbonyl (C=O) groups is 1. The van der Waals surface area contributed by atoms with Crippen molar-refractivity contribution < 1.29 is 9.53 Å². The highest BCUT2D eigenvalue weighted by atomic mass is 16.5. The third-order valence-corrected chi connectivity index (χ3v) is 5.66. The van der Waals surface area contributed by atoms with Crippen molar-refractivity contribution in [3.8, 4) is 11.4 Å². The second kappa shape index (κ2) is 9.58. The molecule has 6 heteroatoms. The molecule has 5 aromatic rings. The number of hydrogen-bond acceptors (Lipinski definition) is 4. The molecule has 6 nitrogen and oxygen atoms in total. The molecule has 0 spiro atoms. The van der Waals surface area contributed by atoms with Gasteiger partial charge in [0.1, 0.15) is 18.2 Å². The number of ether oxygens (including phenoxy) is 1. The van der Waals surface area contributed by atoms with Crippen LogP contribution in [0.3, 0.4) is 0 Å². The maximum atomic E-state index is 12.6. The van der Waals surface area contributed by atoms with Crippen LogP contribution >= 0.6 is 0 Å². The Morgan fingerprint density at radius 2 is 1.88 bits per heavy atom. The first-order valence-electron chi connectivity index (χ1n) is 11.1. The molecule has 0 radical (unpaired) electrons. The fraction of sp³-hybridized carbons (Fsp3) is 0.107. The number of imidazole rings is 1. The summed E-state index contributed by atoms with van der Waals surface area (Å²) >= 11 is 0. The first-order valence-corrected chi connectivity index (χ1v) is 11.1. The maximum Gasteiger partial charge on any atom is 0.251 e. The van der Waals surface area contributed by atoms with E-state index in [1.165, 1.54) is 0 Å². The molecule has 2 heterocycles. The summed E-state index contributed by atoms with van der Waals surface area (Å²) in [7, 11) is 0. The quantitative estimate of drug-likeness (QED) is 0.357. The number of fused-ring (bicyclic) bond motifs is 1. The van der Waals surface area contributed by atoms with Crippen molar-refractivity contribution in [1.82, 2.24) is 19.9 Å². The van der Waals surface area contributed by atoms with Gasteiger partial charge in [-0.1, -0.05) is 42.5 Å². The topological polar surface area (TPSA) is 69.0 Å². The van der Waals surface area contributed by atoms with Gasteiger partial charge < -0.3 is 10.1 Å². The van der Waals surface area contributed by atoms with Crippen LogP contribution in [0, 0.1) is 0 Å². The van der Waals surface area contributed by atoms with Crippen LogP contribution in [0.2, 0.25) is 0 Å². The van der Waals surface area contributed by atoms with Crippen LogP contribution in [0.15, 0.2) is 104 Å². The van der Waals surface area contributed by atoms with Gasteiger partial charge in [0.2, 0.25) is 0 Å². The maximum absolute atomic E-state index is 12.6. The lowest BCUT2D eigenvalue weighted by Gasteiger charge is -2.16. The minimum atomic E-state index is -0.148. The number of nitrogens with one attached hydrogen (secondary N) is 1. The molecule has 0 aliphatic rings. The molecule has 0 saturated heterocycles. The van der Waals surface area contributed by atoms with Crippen LogP contribution in [-0.2, 0) is 6.54 Å². The molecule has 34 heavy (non-hydrogen) atoms. The van der Waals surface area contributed by atoms with Crippen molar-refractivity contribution in [3.05, 3.63) is 120 Å². The van der Waals surface area contributed by atoms with Gasteiger partial charge in [-0.3, -0.25) is 14.3 Å². The number of pyridine rings is 1. The second-order valence-corrected chi connectivity index (χ2v) is 8.03. The van der Waals surface area contributed by atoms with Crippen molar-refractivity contribution in [2.75, 3.05) is 0 Å². The van der Waals surface area contributed by atoms with E-state index in [9.17, 15) is 4.79 Å². The molecule has 1 unspecified atom stereocenters. The number of amides is 1. The first kappa shape index (κ1) is 21.4. The van der Waals surface area contributed by atoms with Crippen molar-refractivity contribution in [1.29, 1.82) is 0 Å². The van der Waals surface area contributed by atoms with E-state index >= 15 is 0 Å². The Bertz CT molecular complexity index is 1410. The molecule has 0 bridgehead atoms. The van der Waals surface area contributed by atoms with Gasteiger partial charge >= 0.3 is 0 Å². The summed E-state index contributed by atoms with van der Waals surface area (Å²) in [6.07, 6.45) is 5.15. The lowest BCUT2D eigenvalue weighted by atomic mass is 10.1. The fourth-order valence-electron chi connectivity index (χ4n) is 3.85. The third-order valence-electron chi connectivity index (χ3n) is 5.66. The van der Waals surface area contributed by atoms with E-state index in [0.717, 1.165) is 33.6 Å². The lowest BCUT2D eigenvalue weighted by molar-refractivity contribution is 0.0951. The predicted molar refractivity (Wildman–Crippen MR) is 132 cm³/mol. The van der Waals surface area contributed by atoms with Gasteiger partial charge in [0.05, 0.1) is 16.7 Å².